The van der Waals surface area contributed by atoms with Crippen molar-refractivity contribution in [3.8, 4) is 5.75 Å². The van der Waals surface area contributed by atoms with Crippen molar-refractivity contribution in [3.63, 3.8) is 0 Å². The summed E-state index contributed by atoms with van der Waals surface area (Å²) in [4.78, 5) is 24.0. The maximum Gasteiger partial charge on any atom is 0.343 e. The Kier molecular flexibility index (Phi) is 7.28. The summed E-state index contributed by atoms with van der Waals surface area (Å²) < 4.78 is 44.9. The molecule has 0 amide bonds. The summed E-state index contributed by atoms with van der Waals surface area (Å²) in [6.45, 7) is 3.68. The second kappa shape index (κ2) is 9.95. The van der Waals surface area contributed by atoms with Crippen molar-refractivity contribution in [1.82, 2.24) is 0 Å². The van der Waals surface area contributed by atoms with E-state index in [0.717, 1.165) is 17.2 Å². The number of carboxylic acids is 1. The molecule has 3 aromatic rings. The highest BCUT2D eigenvalue weighted by Gasteiger charge is 2.27. The third-order valence-electron chi connectivity index (χ3n) is 5.12. The summed E-state index contributed by atoms with van der Waals surface area (Å²) in [5.74, 6) is -5.09. The second-order valence-corrected chi connectivity index (χ2v) is 9.89. The van der Waals surface area contributed by atoms with E-state index in [2.05, 4.69) is 0 Å². The molecule has 0 saturated heterocycles. The summed E-state index contributed by atoms with van der Waals surface area (Å²) in [6, 6.07) is 16.4. The van der Waals surface area contributed by atoms with E-state index in [1.807, 2.05) is 13.8 Å². The summed E-state index contributed by atoms with van der Waals surface area (Å²) >= 11 is 0. The molecule has 8 heteroatoms. The van der Waals surface area contributed by atoms with Crippen LogP contribution in [0.2, 0.25) is 0 Å². The first-order chi connectivity index (χ1) is 15.5. The average Bonchev–Trinajstić information content (AvgIpc) is 2.75. The van der Waals surface area contributed by atoms with Crippen LogP contribution in [0, 0.1) is 25.6 Å². The molecule has 172 valence electrons. The van der Waals surface area contributed by atoms with Gasteiger partial charge in [-0.05, 0) is 62.2 Å². The van der Waals surface area contributed by atoms with E-state index in [1.165, 1.54) is 24.3 Å². The summed E-state index contributed by atoms with van der Waals surface area (Å²) in [5.41, 5.74) is 2.37. The number of ether oxygens (including phenoxy) is 1. The largest absolute Gasteiger partial charge is 0.481 e. The number of halogens is 1. The number of sulfone groups is 1. The Morgan fingerprint density at radius 2 is 1.52 bits per heavy atom. The van der Waals surface area contributed by atoms with Gasteiger partial charge in [0.05, 0.1) is 22.1 Å². The predicted octanol–water partition coefficient (Wildman–Crippen LogP) is 4.38. The first kappa shape index (κ1) is 24.1. The first-order valence-corrected chi connectivity index (χ1v) is 11.8. The monoisotopic (exact) mass is 470 g/mol. The number of benzene rings is 3. The first-order valence-electron chi connectivity index (χ1n) is 10.1. The molecule has 0 aliphatic carbocycles. The van der Waals surface area contributed by atoms with E-state index < -0.39 is 39.3 Å². The number of esters is 1. The molecule has 33 heavy (non-hydrogen) atoms. The highest BCUT2D eigenvalue weighted by Crippen LogP contribution is 2.23. The number of hydrogen-bond acceptors (Lipinski definition) is 5. The summed E-state index contributed by atoms with van der Waals surface area (Å²) in [7, 11) is -3.85. The van der Waals surface area contributed by atoms with E-state index in [-0.39, 0.29) is 28.2 Å². The van der Waals surface area contributed by atoms with Crippen molar-refractivity contribution < 1.29 is 32.2 Å². The number of rotatable bonds is 8. The van der Waals surface area contributed by atoms with Gasteiger partial charge in [0, 0.05) is 0 Å². The van der Waals surface area contributed by atoms with Crippen LogP contribution in [-0.2, 0) is 21.1 Å². The Morgan fingerprint density at radius 1 is 0.939 bits per heavy atom. The third kappa shape index (κ3) is 6.26. The SMILES string of the molecule is Cc1ccc(C(=O)Oc2ccc(CC(CS(=O)(=O)c3ccc(C)cc3)C(=O)O)cc2F)cc1. The van der Waals surface area contributed by atoms with Crippen molar-refractivity contribution in [2.75, 3.05) is 5.75 Å². The quantitative estimate of drug-likeness (QED) is 0.388. The van der Waals surface area contributed by atoms with Crippen molar-refractivity contribution in [1.29, 1.82) is 0 Å². The van der Waals surface area contributed by atoms with Crippen LogP contribution in [0.1, 0.15) is 27.0 Å². The van der Waals surface area contributed by atoms with Gasteiger partial charge in [-0.25, -0.2) is 17.6 Å². The van der Waals surface area contributed by atoms with Crippen LogP contribution in [0.25, 0.3) is 0 Å². The number of hydrogen-bond donors (Lipinski definition) is 1. The van der Waals surface area contributed by atoms with Crippen molar-refractivity contribution in [2.24, 2.45) is 5.92 Å². The Morgan fingerprint density at radius 3 is 2.06 bits per heavy atom. The lowest BCUT2D eigenvalue weighted by Gasteiger charge is -2.14. The van der Waals surface area contributed by atoms with Gasteiger partial charge in [0.2, 0.25) is 0 Å². The van der Waals surface area contributed by atoms with Gasteiger partial charge in [0.25, 0.3) is 0 Å². The summed E-state index contributed by atoms with van der Waals surface area (Å²) in [5, 5.41) is 9.55. The van der Waals surface area contributed by atoms with E-state index in [0.29, 0.717) is 0 Å². The maximum atomic E-state index is 14.5. The molecule has 0 saturated carbocycles. The van der Waals surface area contributed by atoms with Gasteiger partial charge in [-0.15, -0.1) is 0 Å². The molecule has 3 aromatic carbocycles. The number of carbonyl (C=O) groups is 2. The Hall–Kier alpha value is -3.52. The fourth-order valence-electron chi connectivity index (χ4n) is 3.21. The predicted molar refractivity (Wildman–Crippen MR) is 121 cm³/mol. The van der Waals surface area contributed by atoms with Crippen LogP contribution < -0.4 is 4.74 Å². The molecule has 1 unspecified atom stereocenters. The maximum absolute atomic E-state index is 14.5. The molecular weight excluding hydrogens is 447 g/mol. The Labute approximate surface area is 191 Å². The molecule has 0 fully saturated rings. The topological polar surface area (TPSA) is 97.7 Å². The van der Waals surface area contributed by atoms with Crippen molar-refractivity contribution in [3.05, 3.63) is 94.8 Å². The van der Waals surface area contributed by atoms with Crippen LogP contribution in [0.3, 0.4) is 0 Å². The molecule has 0 aliphatic heterocycles. The highest BCUT2D eigenvalue weighted by molar-refractivity contribution is 7.91. The third-order valence-corrected chi connectivity index (χ3v) is 6.95. The molecule has 0 heterocycles. The van der Waals surface area contributed by atoms with Crippen LogP contribution in [0.5, 0.6) is 5.75 Å². The molecule has 1 N–H and O–H groups in total. The van der Waals surface area contributed by atoms with E-state index in [4.69, 9.17) is 4.74 Å². The van der Waals surface area contributed by atoms with Gasteiger partial charge in [-0.2, -0.15) is 0 Å². The minimum absolute atomic E-state index is 0.0314. The molecule has 1 atom stereocenters. The van der Waals surface area contributed by atoms with Crippen LogP contribution >= 0.6 is 0 Å². The number of carboxylic acid groups (broad SMARTS) is 1. The van der Waals surface area contributed by atoms with E-state index >= 15 is 0 Å². The van der Waals surface area contributed by atoms with Gasteiger partial charge in [-0.1, -0.05) is 41.5 Å². The fourth-order valence-corrected chi connectivity index (χ4v) is 4.74. The lowest BCUT2D eigenvalue weighted by molar-refractivity contribution is -0.140. The number of carbonyl (C=O) groups excluding carboxylic acids is 1. The lowest BCUT2D eigenvalue weighted by Crippen LogP contribution is -2.26. The second-order valence-electron chi connectivity index (χ2n) is 7.85. The molecule has 0 aliphatic rings. The molecular formula is C25H23FO6S. The van der Waals surface area contributed by atoms with Crippen LogP contribution in [0.4, 0.5) is 4.39 Å². The van der Waals surface area contributed by atoms with Crippen molar-refractivity contribution in [2.45, 2.75) is 25.2 Å². The van der Waals surface area contributed by atoms with Crippen LogP contribution in [-0.4, -0.2) is 31.2 Å². The minimum atomic E-state index is -3.85. The molecule has 3 rings (SSSR count). The lowest BCUT2D eigenvalue weighted by atomic mass is 10.0. The van der Waals surface area contributed by atoms with Crippen molar-refractivity contribution >= 4 is 21.8 Å². The zero-order valence-electron chi connectivity index (χ0n) is 18.1. The van der Waals surface area contributed by atoms with Gasteiger partial charge in [0.1, 0.15) is 0 Å². The fraction of sp³-hybridized carbons (Fsp3) is 0.200. The smallest absolute Gasteiger partial charge is 0.343 e. The molecule has 0 aromatic heterocycles. The zero-order chi connectivity index (χ0) is 24.2. The van der Waals surface area contributed by atoms with Crippen LogP contribution in [0.15, 0.2) is 71.6 Å². The Bertz CT molecular complexity index is 1270. The Balaban J connectivity index is 1.73. The standard InChI is InChI=1S/C25H23FO6S/c1-16-3-8-19(9-4-16)25(29)32-23-12-7-18(14-22(23)26)13-20(24(27)28)15-33(30,31)21-10-5-17(2)6-11-21/h3-12,14,20H,13,15H2,1-2H3,(H,27,28). The van der Waals surface area contributed by atoms with E-state index in [9.17, 15) is 27.5 Å². The average molecular weight is 471 g/mol. The molecule has 0 spiro atoms. The molecule has 0 radical (unpaired) electrons. The normalized spacial score (nSPS) is 12.2. The van der Waals surface area contributed by atoms with Gasteiger partial charge >= 0.3 is 11.9 Å². The van der Waals surface area contributed by atoms with E-state index in [1.54, 1.807) is 36.4 Å². The van der Waals surface area contributed by atoms with Gasteiger partial charge in [-0.3, -0.25) is 4.79 Å². The molecule has 6 nitrogen and oxygen atoms in total. The minimum Gasteiger partial charge on any atom is -0.481 e. The zero-order valence-corrected chi connectivity index (χ0v) is 18.9. The number of aliphatic carboxylic acids is 1. The van der Waals surface area contributed by atoms with Gasteiger partial charge in [0.15, 0.2) is 21.4 Å². The molecule has 0 bridgehead atoms. The summed E-state index contributed by atoms with van der Waals surface area (Å²) in [6.07, 6.45) is -0.205. The van der Waals surface area contributed by atoms with Gasteiger partial charge < -0.3 is 9.84 Å². The number of aryl methyl sites for hydroxylation is 2. The highest BCUT2D eigenvalue weighted by atomic mass is 32.2.